The predicted molar refractivity (Wildman–Crippen MR) is 152 cm³/mol. The highest BCUT2D eigenvalue weighted by Gasteiger charge is 2.56. The Morgan fingerprint density at radius 3 is 2.07 bits per heavy atom. The van der Waals surface area contributed by atoms with Gasteiger partial charge in [0.25, 0.3) is 5.56 Å². The molecule has 1 aliphatic rings. The van der Waals surface area contributed by atoms with Crippen LogP contribution in [0.4, 0.5) is 45.2 Å². The van der Waals surface area contributed by atoms with Crippen molar-refractivity contribution in [3.8, 4) is 0 Å². The summed E-state index contributed by atoms with van der Waals surface area (Å²) >= 11 is 0. The third kappa shape index (κ3) is 7.60. The molecule has 2 heterocycles. The average molecular weight is 666 g/mol. The average Bonchev–Trinajstić information content (AvgIpc) is 2.98. The minimum Gasteiger partial charge on any atom is -0.363 e. The number of rotatable bonds is 10. The van der Waals surface area contributed by atoms with Crippen molar-refractivity contribution in [3.63, 3.8) is 0 Å². The van der Waals surface area contributed by atoms with Gasteiger partial charge in [-0.25, -0.2) is 9.18 Å². The lowest BCUT2D eigenvalue weighted by Gasteiger charge is -2.37. The molecule has 16 heteroatoms. The minimum absolute atomic E-state index is 0.0332. The van der Waals surface area contributed by atoms with Crippen molar-refractivity contribution in [1.82, 2.24) is 14.0 Å². The molecule has 0 unspecified atom stereocenters. The Balaban J connectivity index is 1.68. The van der Waals surface area contributed by atoms with E-state index < -0.39 is 71.9 Å². The SMILES string of the molecule is Cc1c(N2CCN(CCCC(F)(F)C(F)(F)F)CC2)c(=O)n(C[C@@H](N)c2ccccc2)c(=O)n1Cc1c(F)cccc1C(F)(F)F. The van der Waals surface area contributed by atoms with Crippen molar-refractivity contribution in [1.29, 1.82) is 0 Å². The van der Waals surface area contributed by atoms with Crippen molar-refractivity contribution in [2.75, 3.05) is 37.6 Å². The molecule has 0 saturated carbocycles. The quantitative estimate of drug-likeness (QED) is 0.297. The van der Waals surface area contributed by atoms with Gasteiger partial charge in [0.1, 0.15) is 11.5 Å². The Morgan fingerprint density at radius 1 is 0.848 bits per heavy atom. The van der Waals surface area contributed by atoms with Gasteiger partial charge in [-0.1, -0.05) is 36.4 Å². The van der Waals surface area contributed by atoms with E-state index in [0.717, 1.165) is 21.3 Å². The minimum atomic E-state index is -5.65. The fourth-order valence-corrected chi connectivity index (χ4v) is 5.50. The number of aromatic nitrogens is 2. The third-order valence-corrected chi connectivity index (χ3v) is 8.07. The van der Waals surface area contributed by atoms with Crippen LogP contribution in [0.2, 0.25) is 0 Å². The van der Waals surface area contributed by atoms with Crippen molar-refractivity contribution < 1.29 is 39.5 Å². The topological polar surface area (TPSA) is 76.5 Å². The van der Waals surface area contributed by atoms with E-state index >= 15 is 0 Å². The number of anilines is 1. The summed E-state index contributed by atoms with van der Waals surface area (Å²) in [6, 6.07) is 9.99. The van der Waals surface area contributed by atoms with E-state index in [2.05, 4.69) is 0 Å². The highest BCUT2D eigenvalue weighted by Crippen LogP contribution is 2.39. The van der Waals surface area contributed by atoms with Crippen LogP contribution in [0.5, 0.6) is 0 Å². The van der Waals surface area contributed by atoms with E-state index in [1.807, 2.05) is 0 Å². The first-order valence-electron chi connectivity index (χ1n) is 14.3. The van der Waals surface area contributed by atoms with Crippen molar-refractivity contribution >= 4 is 5.69 Å². The monoisotopic (exact) mass is 665 g/mol. The standard InChI is InChI=1S/C30H32F9N5O2/c1-19-25(42-15-13-41(14-16-42)12-6-11-28(32,33)30(37,38)39)26(45)44(18-24(40)20-7-3-2-4-8-20)27(46)43(19)17-21-22(29(34,35)36)9-5-10-23(21)31/h2-5,7-10,24H,6,11-18,40H2,1H3/t24-/m1/s1. The van der Waals surface area contributed by atoms with Crippen LogP contribution in [0.25, 0.3) is 0 Å². The number of alkyl halides is 8. The molecule has 0 spiro atoms. The van der Waals surface area contributed by atoms with E-state index in [4.69, 9.17) is 5.73 Å². The van der Waals surface area contributed by atoms with E-state index in [1.54, 1.807) is 40.1 Å². The number of benzene rings is 2. The van der Waals surface area contributed by atoms with E-state index in [1.165, 1.54) is 6.92 Å². The number of piperazine rings is 1. The first-order valence-corrected chi connectivity index (χ1v) is 14.3. The van der Waals surface area contributed by atoms with Crippen LogP contribution in [0, 0.1) is 12.7 Å². The molecule has 1 aromatic heterocycles. The number of hydrogen-bond acceptors (Lipinski definition) is 5. The van der Waals surface area contributed by atoms with Crippen LogP contribution in [0.3, 0.4) is 0 Å². The lowest BCUT2D eigenvalue weighted by molar-refractivity contribution is -0.284. The van der Waals surface area contributed by atoms with Crippen LogP contribution in [-0.4, -0.2) is 58.9 Å². The molecule has 2 aromatic carbocycles. The Hall–Kier alpha value is -3.79. The lowest BCUT2D eigenvalue weighted by atomic mass is 10.1. The van der Waals surface area contributed by atoms with E-state index in [9.17, 15) is 49.1 Å². The zero-order chi connectivity index (χ0) is 34.0. The van der Waals surface area contributed by atoms with Crippen LogP contribution in [0.1, 0.15) is 41.3 Å². The predicted octanol–water partition coefficient (Wildman–Crippen LogP) is 5.32. The molecule has 3 aromatic rings. The molecule has 46 heavy (non-hydrogen) atoms. The second-order valence-corrected chi connectivity index (χ2v) is 11.1. The zero-order valence-electron chi connectivity index (χ0n) is 24.6. The Labute approximate surface area is 257 Å². The molecule has 2 N–H and O–H groups in total. The summed E-state index contributed by atoms with van der Waals surface area (Å²) in [4.78, 5) is 30.7. The van der Waals surface area contributed by atoms with Gasteiger partial charge in [-0.05, 0) is 37.6 Å². The maximum Gasteiger partial charge on any atom is 0.453 e. The zero-order valence-corrected chi connectivity index (χ0v) is 24.6. The maximum atomic E-state index is 14.9. The highest BCUT2D eigenvalue weighted by molar-refractivity contribution is 5.50. The van der Waals surface area contributed by atoms with Crippen molar-refractivity contribution in [3.05, 3.63) is 97.6 Å². The summed E-state index contributed by atoms with van der Waals surface area (Å²) in [6.07, 6.45) is -12.4. The molecular weight excluding hydrogens is 633 g/mol. The molecule has 1 aliphatic heterocycles. The summed E-state index contributed by atoms with van der Waals surface area (Å²) in [5.74, 6) is -6.03. The summed E-state index contributed by atoms with van der Waals surface area (Å²) in [5.41, 5.74) is 2.91. The molecule has 0 aliphatic carbocycles. The van der Waals surface area contributed by atoms with Crippen LogP contribution >= 0.6 is 0 Å². The molecule has 252 valence electrons. The second kappa shape index (κ2) is 13.5. The number of nitrogens with two attached hydrogens (primary N) is 1. The fourth-order valence-electron chi connectivity index (χ4n) is 5.50. The fraction of sp³-hybridized carbons (Fsp3) is 0.467. The molecule has 4 rings (SSSR count). The summed E-state index contributed by atoms with van der Waals surface area (Å²) in [7, 11) is 0. The number of nitrogens with zero attached hydrogens (tertiary/aromatic N) is 4. The first-order chi connectivity index (χ1) is 21.4. The summed E-state index contributed by atoms with van der Waals surface area (Å²) < 4.78 is 122. The van der Waals surface area contributed by atoms with E-state index in [-0.39, 0.29) is 50.6 Å². The number of hydrogen-bond donors (Lipinski definition) is 1. The molecule has 1 atom stereocenters. The lowest BCUT2D eigenvalue weighted by Crippen LogP contribution is -2.52. The van der Waals surface area contributed by atoms with E-state index in [0.29, 0.717) is 11.6 Å². The Bertz CT molecular complexity index is 1630. The van der Waals surface area contributed by atoms with Crippen molar-refractivity contribution in [2.45, 2.75) is 57.2 Å². The summed E-state index contributed by atoms with van der Waals surface area (Å²) in [5, 5.41) is 0. The highest BCUT2D eigenvalue weighted by atomic mass is 19.4. The van der Waals surface area contributed by atoms with Gasteiger partial charge in [-0.15, -0.1) is 0 Å². The van der Waals surface area contributed by atoms with Gasteiger partial charge >= 0.3 is 24.0 Å². The molecular formula is C30H32F9N5O2. The maximum absolute atomic E-state index is 14.9. The third-order valence-electron chi connectivity index (χ3n) is 8.07. The molecule has 0 bridgehead atoms. The van der Waals surface area contributed by atoms with Gasteiger partial charge in [-0.2, -0.15) is 35.1 Å². The van der Waals surface area contributed by atoms with Gasteiger partial charge in [0, 0.05) is 49.9 Å². The second-order valence-electron chi connectivity index (χ2n) is 11.1. The first kappa shape index (κ1) is 35.1. The number of halogens is 9. The molecule has 1 saturated heterocycles. The van der Waals surface area contributed by atoms with Gasteiger partial charge in [-0.3, -0.25) is 18.8 Å². The smallest absolute Gasteiger partial charge is 0.363 e. The Morgan fingerprint density at radius 2 is 1.48 bits per heavy atom. The van der Waals surface area contributed by atoms with Crippen LogP contribution in [-0.2, 0) is 19.3 Å². The van der Waals surface area contributed by atoms with Gasteiger partial charge in [0.05, 0.1) is 18.7 Å². The summed E-state index contributed by atoms with van der Waals surface area (Å²) in [6.45, 7) is 0.555. The Kier molecular flexibility index (Phi) is 10.3. The molecule has 1 fully saturated rings. The normalized spacial score (nSPS) is 15.8. The van der Waals surface area contributed by atoms with Crippen molar-refractivity contribution in [2.24, 2.45) is 5.73 Å². The molecule has 0 amide bonds. The molecule has 0 radical (unpaired) electrons. The van der Waals surface area contributed by atoms with Crippen LogP contribution < -0.4 is 21.9 Å². The molecule has 7 nitrogen and oxygen atoms in total. The van der Waals surface area contributed by atoms with Gasteiger partial charge in [0.15, 0.2) is 0 Å². The van der Waals surface area contributed by atoms with Gasteiger partial charge in [0.2, 0.25) is 0 Å². The van der Waals surface area contributed by atoms with Gasteiger partial charge < -0.3 is 10.6 Å². The van der Waals surface area contributed by atoms with Crippen LogP contribution in [0.15, 0.2) is 58.1 Å². The largest absolute Gasteiger partial charge is 0.453 e.